The van der Waals surface area contributed by atoms with Gasteiger partial charge in [0.2, 0.25) is 5.91 Å². The highest BCUT2D eigenvalue weighted by molar-refractivity contribution is 5.96. The van der Waals surface area contributed by atoms with Crippen molar-refractivity contribution in [2.24, 2.45) is 0 Å². The van der Waals surface area contributed by atoms with E-state index in [0.29, 0.717) is 6.07 Å². The lowest BCUT2D eigenvalue weighted by molar-refractivity contribution is -0.120. The molecule has 0 saturated heterocycles. The Morgan fingerprint density at radius 1 is 1.04 bits per heavy atom. The molecular weight excluding hydrogens is 302 g/mol. The highest BCUT2D eigenvalue weighted by atomic mass is 19.1. The minimum Gasteiger partial charge on any atom is -0.352 e. The van der Waals surface area contributed by atoms with Gasteiger partial charge in [-0.05, 0) is 25.0 Å². The van der Waals surface area contributed by atoms with Crippen molar-refractivity contribution >= 4 is 11.8 Å². The Morgan fingerprint density at radius 3 is 2.35 bits per heavy atom. The first-order valence-electron chi connectivity index (χ1n) is 8.09. The van der Waals surface area contributed by atoms with Gasteiger partial charge < -0.3 is 10.6 Å². The van der Waals surface area contributed by atoms with Crippen LogP contribution in [0.1, 0.15) is 55.3 Å². The number of hydrogen-bond donors (Lipinski definition) is 2. The van der Waals surface area contributed by atoms with Gasteiger partial charge in [0.15, 0.2) is 0 Å². The molecule has 0 heterocycles. The molecule has 6 heteroatoms. The minimum atomic E-state index is -0.942. The van der Waals surface area contributed by atoms with E-state index in [-0.39, 0.29) is 24.1 Å². The first kappa shape index (κ1) is 17.4. The third kappa shape index (κ3) is 5.62. The molecule has 1 saturated carbocycles. The zero-order valence-electron chi connectivity index (χ0n) is 13.0. The molecule has 2 N–H and O–H groups in total. The molecule has 23 heavy (non-hydrogen) atoms. The minimum absolute atomic E-state index is 0.141. The van der Waals surface area contributed by atoms with Crippen LogP contribution in [0.25, 0.3) is 0 Å². The summed E-state index contributed by atoms with van der Waals surface area (Å²) >= 11 is 0. The van der Waals surface area contributed by atoms with Crippen LogP contribution in [0.4, 0.5) is 8.78 Å². The van der Waals surface area contributed by atoms with Gasteiger partial charge in [-0.1, -0.05) is 32.1 Å². The Hall–Kier alpha value is -1.98. The molecule has 0 radical (unpaired) electrons. The van der Waals surface area contributed by atoms with E-state index in [2.05, 4.69) is 10.6 Å². The number of rotatable bonds is 4. The quantitative estimate of drug-likeness (QED) is 0.895. The number of halogens is 2. The number of hydrogen-bond acceptors (Lipinski definition) is 2. The lowest BCUT2D eigenvalue weighted by Crippen LogP contribution is -2.42. The average Bonchev–Trinajstić information content (AvgIpc) is 2.47. The molecule has 1 aliphatic rings. The van der Waals surface area contributed by atoms with E-state index >= 15 is 0 Å². The normalized spacial score (nSPS) is 16.3. The van der Waals surface area contributed by atoms with Crippen molar-refractivity contribution in [1.29, 1.82) is 0 Å². The Balaban J connectivity index is 1.80. The molecule has 2 rings (SSSR count). The Bertz CT molecular complexity index is 556. The Kier molecular flexibility index (Phi) is 6.50. The smallest absolute Gasteiger partial charge is 0.254 e. The topological polar surface area (TPSA) is 58.2 Å². The second-order valence-corrected chi connectivity index (χ2v) is 5.92. The number of benzene rings is 1. The molecule has 4 nitrogen and oxygen atoms in total. The van der Waals surface area contributed by atoms with Crippen LogP contribution in [0.2, 0.25) is 0 Å². The maximum absolute atomic E-state index is 13.5. The fraction of sp³-hybridized carbons (Fsp3) is 0.529. The molecule has 0 aromatic heterocycles. The number of carbonyl (C=O) groups excluding carboxylic acids is 2. The maximum atomic E-state index is 13.5. The van der Waals surface area contributed by atoms with Crippen LogP contribution >= 0.6 is 0 Å². The Morgan fingerprint density at radius 2 is 1.70 bits per heavy atom. The third-order valence-electron chi connectivity index (χ3n) is 4.06. The summed E-state index contributed by atoms with van der Waals surface area (Å²) in [5.74, 6) is -2.70. The van der Waals surface area contributed by atoms with E-state index in [4.69, 9.17) is 0 Å². The second kappa shape index (κ2) is 8.60. The van der Waals surface area contributed by atoms with E-state index in [1.807, 2.05) is 0 Å². The van der Waals surface area contributed by atoms with Crippen LogP contribution in [0.5, 0.6) is 0 Å². The zero-order valence-corrected chi connectivity index (χ0v) is 13.0. The van der Waals surface area contributed by atoms with Crippen molar-refractivity contribution in [3.8, 4) is 0 Å². The third-order valence-corrected chi connectivity index (χ3v) is 4.06. The van der Waals surface area contributed by atoms with Crippen LogP contribution in [-0.4, -0.2) is 24.4 Å². The largest absolute Gasteiger partial charge is 0.352 e. The average molecular weight is 324 g/mol. The predicted molar refractivity (Wildman–Crippen MR) is 82.9 cm³/mol. The fourth-order valence-corrected chi connectivity index (χ4v) is 2.81. The molecular formula is C17H22F2N2O2. The fourth-order valence-electron chi connectivity index (χ4n) is 2.81. The van der Waals surface area contributed by atoms with Crippen molar-refractivity contribution in [3.63, 3.8) is 0 Å². The number of carbonyl (C=O) groups is 2. The highest BCUT2D eigenvalue weighted by Crippen LogP contribution is 2.17. The van der Waals surface area contributed by atoms with E-state index in [9.17, 15) is 18.4 Å². The highest BCUT2D eigenvalue weighted by Gasteiger charge is 2.16. The molecule has 1 fully saturated rings. The summed E-state index contributed by atoms with van der Waals surface area (Å²) in [6.45, 7) is -0.216. The van der Waals surface area contributed by atoms with E-state index in [1.165, 1.54) is 19.3 Å². The van der Waals surface area contributed by atoms with Crippen LogP contribution in [0.3, 0.4) is 0 Å². The molecule has 0 unspecified atom stereocenters. The standard InChI is InChI=1S/C17H22F2N2O2/c18-12-8-9-14(15(19)10-12)17(23)20-11-16(22)21-13-6-4-2-1-3-5-7-13/h8-10,13H,1-7,11H2,(H,20,23)(H,21,22). The van der Waals surface area contributed by atoms with Gasteiger partial charge in [-0.15, -0.1) is 0 Å². The molecule has 0 bridgehead atoms. The second-order valence-electron chi connectivity index (χ2n) is 5.92. The summed E-state index contributed by atoms with van der Waals surface area (Å²) in [7, 11) is 0. The summed E-state index contributed by atoms with van der Waals surface area (Å²) in [4.78, 5) is 23.7. The van der Waals surface area contributed by atoms with Crippen LogP contribution in [0.15, 0.2) is 18.2 Å². The van der Waals surface area contributed by atoms with Crippen LogP contribution < -0.4 is 10.6 Å². The number of nitrogens with one attached hydrogen (secondary N) is 2. The Labute approximate surface area is 134 Å². The molecule has 0 atom stereocenters. The van der Waals surface area contributed by atoms with Gasteiger partial charge in [-0.2, -0.15) is 0 Å². The van der Waals surface area contributed by atoms with Crippen molar-refractivity contribution in [3.05, 3.63) is 35.4 Å². The SMILES string of the molecule is O=C(CNC(=O)c1ccc(F)cc1F)NC1CCCCCCC1. The number of amides is 2. The van der Waals surface area contributed by atoms with Gasteiger partial charge >= 0.3 is 0 Å². The van der Waals surface area contributed by atoms with Gasteiger partial charge in [0.05, 0.1) is 12.1 Å². The molecule has 0 aliphatic heterocycles. The van der Waals surface area contributed by atoms with Crippen LogP contribution in [0, 0.1) is 11.6 Å². The van der Waals surface area contributed by atoms with E-state index < -0.39 is 17.5 Å². The first-order valence-corrected chi connectivity index (χ1v) is 8.09. The van der Waals surface area contributed by atoms with E-state index in [0.717, 1.165) is 37.8 Å². The summed E-state index contributed by atoms with van der Waals surface area (Å²) < 4.78 is 26.3. The molecule has 1 aromatic carbocycles. The van der Waals surface area contributed by atoms with Crippen molar-refractivity contribution in [1.82, 2.24) is 10.6 Å². The van der Waals surface area contributed by atoms with Crippen LogP contribution in [-0.2, 0) is 4.79 Å². The maximum Gasteiger partial charge on any atom is 0.254 e. The van der Waals surface area contributed by atoms with Gasteiger partial charge in [0, 0.05) is 12.1 Å². The lowest BCUT2D eigenvalue weighted by atomic mass is 9.97. The van der Waals surface area contributed by atoms with Gasteiger partial charge in [-0.25, -0.2) is 8.78 Å². The van der Waals surface area contributed by atoms with Crippen molar-refractivity contribution in [2.45, 2.75) is 51.0 Å². The van der Waals surface area contributed by atoms with Gasteiger partial charge in [0.1, 0.15) is 11.6 Å². The van der Waals surface area contributed by atoms with Crippen molar-refractivity contribution in [2.75, 3.05) is 6.54 Å². The molecule has 126 valence electrons. The molecule has 1 aliphatic carbocycles. The molecule has 0 spiro atoms. The molecule has 2 amide bonds. The summed E-state index contributed by atoms with van der Waals surface area (Å²) in [5, 5.41) is 5.27. The summed E-state index contributed by atoms with van der Waals surface area (Å²) in [6, 6.07) is 2.85. The lowest BCUT2D eigenvalue weighted by Gasteiger charge is -2.21. The van der Waals surface area contributed by atoms with Gasteiger partial charge in [0.25, 0.3) is 5.91 Å². The van der Waals surface area contributed by atoms with E-state index in [1.54, 1.807) is 0 Å². The summed E-state index contributed by atoms with van der Waals surface area (Å²) in [6.07, 6.45) is 7.72. The molecule has 1 aromatic rings. The monoisotopic (exact) mass is 324 g/mol. The van der Waals surface area contributed by atoms with Gasteiger partial charge in [-0.3, -0.25) is 9.59 Å². The van der Waals surface area contributed by atoms with Crippen molar-refractivity contribution < 1.29 is 18.4 Å². The summed E-state index contributed by atoms with van der Waals surface area (Å²) in [5.41, 5.74) is -0.273. The first-order chi connectivity index (χ1) is 11.1. The zero-order chi connectivity index (χ0) is 16.7. The predicted octanol–water partition coefficient (Wildman–Crippen LogP) is 2.92.